The fourth-order valence-corrected chi connectivity index (χ4v) is 5.97. The van der Waals surface area contributed by atoms with Crippen molar-refractivity contribution in [3.8, 4) is 11.5 Å². The molecule has 1 aromatic rings. The Morgan fingerprint density at radius 2 is 2.17 bits per heavy atom. The molecule has 0 unspecified atom stereocenters. The molecule has 1 fully saturated rings. The van der Waals surface area contributed by atoms with Gasteiger partial charge in [-0.3, -0.25) is 4.99 Å². The average Bonchev–Trinajstić information content (AvgIpc) is 3.15. The Balaban J connectivity index is 1.69. The highest BCUT2D eigenvalue weighted by atomic mass is 32.2. The molecule has 3 heterocycles. The molecule has 128 valence electrons. The summed E-state index contributed by atoms with van der Waals surface area (Å²) in [4.78, 5) is 6.71. The highest BCUT2D eigenvalue weighted by Crippen LogP contribution is 2.40. The number of amidine groups is 1. The lowest BCUT2D eigenvalue weighted by Crippen LogP contribution is -2.39. The third kappa shape index (κ3) is 2.77. The summed E-state index contributed by atoms with van der Waals surface area (Å²) in [6.45, 7) is 6.11. The number of hydrogen-bond donors (Lipinski definition) is 0. The van der Waals surface area contributed by atoms with Gasteiger partial charge < -0.3 is 14.4 Å². The third-order valence-electron chi connectivity index (χ3n) is 4.19. The Morgan fingerprint density at radius 1 is 1.38 bits per heavy atom. The van der Waals surface area contributed by atoms with Crippen molar-refractivity contribution in [1.82, 2.24) is 0 Å². The van der Waals surface area contributed by atoms with E-state index < -0.39 is 9.84 Å². The van der Waals surface area contributed by atoms with Crippen molar-refractivity contribution in [3.05, 3.63) is 30.4 Å². The van der Waals surface area contributed by atoms with Gasteiger partial charge in [-0.25, -0.2) is 8.42 Å². The lowest BCUT2D eigenvalue weighted by molar-refractivity contribution is 0.174. The highest BCUT2D eigenvalue weighted by Gasteiger charge is 2.47. The summed E-state index contributed by atoms with van der Waals surface area (Å²) in [7, 11) is -3.04. The predicted molar refractivity (Wildman–Crippen MR) is 96.0 cm³/mol. The van der Waals surface area contributed by atoms with Crippen LogP contribution >= 0.6 is 11.8 Å². The topological polar surface area (TPSA) is 68.2 Å². The number of hydrogen-bond acceptors (Lipinski definition) is 7. The monoisotopic (exact) mass is 366 g/mol. The molecule has 1 aromatic carbocycles. The first-order valence-corrected chi connectivity index (χ1v) is 10.5. The van der Waals surface area contributed by atoms with Gasteiger partial charge in [0.1, 0.15) is 0 Å². The van der Waals surface area contributed by atoms with Crippen LogP contribution in [-0.2, 0) is 9.84 Å². The molecule has 0 radical (unpaired) electrons. The molecule has 24 heavy (non-hydrogen) atoms. The molecule has 6 nitrogen and oxygen atoms in total. The Kier molecular flexibility index (Phi) is 3.76. The maximum atomic E-state index is 12.0. The second kappa shape index (κ2) is 5.70. The fraction of sp³-hybridized carbons (Fsp3) is 0.438. The van der Waals surface area contributed by atoms with Crippen molar-refractivity contribution >= 4 is 32.5 Å². The van der Waals surface area contributed by atoms with Gasteiger partial charge in [0, 0.05) is 17.5 Å². The first-order valence-electron chi connectivity index (χ1n) is 7.67. The molecule has 1 saturated heterocycles. The van der Waals surface area contributed by atoms with E-state index in [9.17, 15) is 8.42 Å². The molecule has 0 aliphatic carbocycles. The summed E-state index contributed by atoms with van der Waals surface area (Å²) in [6, 6.07) is 5.33. The van der Waals surface area contributed by atoms with Crippen LogP contribution in [0.3, 0.4) is 0 Å². The van der Waals surface area contributed by atoms with Crippen LogP contribution in [0.2, 0.25) is 0 Å². The summed E-state index contributed by atoms with van der Waals surface area (Å²) in [6.07, 6.45) is 0. The van der Waals surface area contributed by atoms with Crippen LogP contribution in [-0.4, -0.2) is 49.7 Å². The molecule has 0 spiro atoms. The molecular formula is C16H18N2O4S2. The van der Waals surface area contributed by atoms with Crippen LogP contribution in [0.25, 0.3) is 0 Å². The van der Waals surface area contributed by atoms with Crippen molar-refractivity contribution in [1.29, 1.82) is 0 Å². The van der Waals surface area contributed by atoms with E-state index in [1.165, 1.54) is 0 Å². The molecule has 0 N–H and O–H groups in total. The molecule has 4 rings (SSSR count). The van der Waals surface area contributed by atoms with E-state index in [-0.39, 0.29) is 30.4 Å². The fourth-order valence-electron chi connectivity index (χ4n) is 3.16. The normalized spacial score (nSPS) is 26.4. The third-order valence-corrected chi connectivity index (χ3v) is 7.09. The smallest absolute Gasteiger partial charge is 0.231 e. The lowest BCUT2D eigenvalue weighted by Gasteiger charge is -2.26. The second-order valence-corrected chi connectivity index (χ2v) is 9.37. The van der Waals surface area contributed by atoms with Gasteiger partial charge in [-0.1, -0.05) is 23.9 Å². The van der Waals surface area contributed by atoms with Gasteiger partial charge in [0.2, 0.25) is 6.79 Å². The minimum atomic E-state index is -3.04. The van der Waals surface area contributed by atoms with E-state index in [2.05, 4.69) is 11.6 Å². The van der Waals surface area contributed by atoms with Gasteiger partial charge in [-0.2, -0.15) is 0 Å². The minimum Gasteiger partial charge on any atom is -0.454 e. The first kappa shape index (κ1) is 15.8. The van der Waals surface area contributed by atoms with Crippen LogP contribution in [0.15, 0.2) is 35.3 Å². The number of ether oxygens (including phenoxy) is 2. The maximum Gasteiger partial charge on any atom is 0.231 e. The van der Waals surface area contributed by atoms with E-state index in [1.54, 1.807) is 11.8 Å². The van der Waals surface area contributed by atoms with Crippen molar-refractivity contribution in [2.45, 2.75) is 19.0 Å². The van der Waals surface area contributed by atoms with Crippen molar-refractivity contribution in [2.24, 2.45) is 4.99 Å². The van der Waals surface area contributed by atoms with Crippen LogP contribution < -0.4 is 14.4 Å². The Bertz CT molecular complexity index is 834. The zero-order valence-electron chi connectivity index (χ0n) is 13.3. The van der Waals surface area contributed by atoms with Gasteiger partial charge in [-0.05, 0) is 19.1 Å². The molecule has 0 saturated carbocycles. The summed E-state index contributed by atoms with van der Waals surface area (Å²) >= 11 is 1.59. The van der Waals surface area contributed by atoms with E-state index in [4.69, 9.17) is 9.47 Å². The predicted octanol–water partition coefficient (Wildman–Crippen LogP) is 2.07. The average molecular weight is 366 g/mol. The maximum absolute atomic E-state index is 12.0. The van der Waals surface area contributed by atoms with Crippen LogP contribution in [0, 0.1) is 0 Å². The molecule has 0 bridgehead atoms. The number of fused-ring (bicyclic) bond motifs is 2. The molecule has 0 aromatic heterocycles. The van der Waals surface area contributed by atoms with Gasteiger partial charge in [0.05, 0.1) is 23.6 Å². The zero-order chi connectivity index (χ0) is 16.9. The van der Waals surface area contributed by atoms with Gasteiger partial charge in [0.25, 0.3) is 0 Å². The highest BCUT2D eigenvalue weighted by molar-refractivity contribution is 8.14. The molecule has 0 amide bonds. The molecule has 3 aliphatic rings. The summed E-state index contributed by atoms with van der Waals surface area (Å²) in [5.74, 6) is 2.40. The lowest BCUT2D eigenvalue weighted by atomic mass is 10.1. The van der Waals surface area contributed by atoms with E-state index in [1.807, 2.05) is 30.0 Å². The van der Waals surface area contributed by atoms with Crippen LogP contribution in [0.5, 0.6) is 11.5 Å². The Labute approximate surface area is 145 Å². The van der Waals surface area contributed by atoms with Gasteiger partial charge >= 0.3 is 0 Å². The molecule has 8 heteroatoms. The van der Waals surface area contributed by atoms with Crippen molar-refractivity contribution in [3.63, 3.8) is 0 Å². The number of aliphatic imine (C=N–C) groups is 1. The molecule has 3 aliphatic heterocycles. The molecular weight excluding hydrogens is 348 g/mol. The molecule has 2 atom stereocenters. The summed E-state index contributed by atoms with van der Waals surface area (Å²) in [5.41, 5.74) is 1.94. The van der Waals surface area contributed by atoms with Crippen LogP contribution in [0.1, 0.15) is 6.92 Å². The van der Waals surface area contributed by atoms with Crippen LogP contribution in [0.4, 0.5) is 5.69 Å². The number of nitrogens with zero attached hydrogens (tertiary/aromatic N) is 2. The number of sulfone groups is 1. The summed E-state index contributed by atoms with van der Waals surface area (Å²) < 4.78 is 34.9. The minimum absolute atomic E-state index is 0.121. The number of benzene rings is 1. The van der Waals surface area contributed by atoms with Crippen molar-refractivity contribution < 1.29 is 17.9 Å². The zero-order valence-corrected chi connectivity index (χ0v) is 14.9. The first-order chi connectivity index (χ1) is 11.4. The van der Waals surface area contributed by atoms with Crippen molar-refractivity contribution in [2.75, 3.05) is 29.0 Å². The Hall–Kier alpha value is -1.67. The standard InChI is InChI=1S/C16H18N2O4S2/c1-10(2)6-23-16-17-12-7-24(19,20)8-13(12)18(16)11-3-4-14-15(5-11)22-9-21-14/h3-5,12-13H,1,6-9H2,2H3/t12-,13-/m1/s1. The van der Waals surface area contributed by atoms with E-state index in [0.29, 0.717) is 11.5 Å². The second-order valence-electron chi connectivity index (χ2n) is 6.28. The SMILES string of the molecule is C=C(C)CSC1=N[C@@H]2CS(=O)(=O)C[C@H]2N1c1ccc2c(c1)OCO2. The number of rotatable bonds is 3. The quantitative estimate of drug-likeness (QED) is 0.763. The number of thioether (sulfide) groups is 1. The largest absolute Gasteiger partial charge is 0.454 e. The van der Waals surface area contributed by atoms with E-state index in [0.717, 1.165) is 22.2 Å². The van der Waals surface area contributed by atoms with E-state index >= 15 is 0 Å². The summed E-state index contributed by atoms with van der Waals surface area (Å²) in [5, 5.41) is 0.849. The van der Waals surface area contributed by atoms with Gasteiger partial charge in [-0.15, -0.1) is 0 Å². The Morgan fingerprint density at radius 3 is 2.96 bits per heavy atom. The number of anilines is 1. The van der Waals surface area contributed by atoms with Gasteiger partial charge in [0.15, 0.2) is 26.5 Å².